The first kappa shape index (κ1) is 17.9. The Bertz CT molecular complexity index is 781. The highest BCUT2D eigenvalue weighted by molar-refractivity contribution is 6.00. The third kappa shape index (κ3) is 4.39. The lowest BCUT2D eigenvalue weighted by molar-refractivity contribution is -0.0498. The Morgan fingerprint density at radius 2 is 1.73 bits per heavy atom. The first-order chi connectivity index (χ1) is 12.5. The molecule has 0 unspecified atom stereocenters. The predicted octanol–water partition coefficient (Wildman–Crippen LogP) is 4.82. The number of hydrogen-bond donors (Lipinski definition) is 1. The highest BCUT2D eigenvalue weighted by Crippen LogP contribution is 2.26. The molecule has 0 radical (unpaired) electrons. The third-order valence-electron chi connectivity index (χ3n) is 4.27. The van der Waals surface area contributed by atoms with E-state index in [-0.39, 0.29) is 11.7 Å². The second-order valence-corrected chi connectivity index (χ2v) is 6.12. The van der Waals surface area contributed by atoms with Gasteiger partial charge in [0, 0.05) is 18.8 Å². The summed E-state index contributed by atoms with van der Waals surface area (Å²) in [4.78, 5) is 14.7. The molecule has 0 atom stereocenters. The number of rotatable bonds is 5. The predicted molar refractivity (Wildman–Crippen MR) is 97.1 cm³/mol. The van der Waals surface area contributed by atoms with Crippen LogP contribution in [0.4, 0.5) is 20.2 Å². The molecule has 1 amide bonds. The minimum Gasteiger partial charge on any atom is -0.435 e. The molecule has 1 heterocycles. The number of carbonyl (C=O) groups is 1. The zero-order valence-corrected chi connectivity index (χ0v) is 14.3. The fourth-order valence-corrected chi connectivity index (χ4v) is 2.85. The standard InChI is InChI=1S/C20H20F2N2O2/c1-14-10-12-24(13-11-14)19(25)17-4-2-3-5-18(17)23-15-6-8-16(9-7-15)26-20(21)22/h2-9,20,23H,1,10-13H2. The van der Waals surface area contributed by atoms with E-state index in [1.807, 2.05) is 23.1 Å². The molecule has 136 valence electrons. The molecule has 4 nitrogen and oxygen atoms in total. The maximum atomic E-state index is 12.8. The number of nitrogens with one attached hydrogen (secondary N) is 1. The van der Waals surface area contributed by atoms with Crippen molar-refractivity contribution in [1.29, 1.82) is 0 Å². The Balaban J connectivity index is 1.74. The van der Waals surface area contributed by atoms with E-state index < -0.39 is 6.61 Å². The molecule has 1 aliphatic heterocycles. The van der Waals surface area contributed by atoms with E-state index in [9.17, 15) is 13.6 Å². The Morgan fingerprint density at radius 1 is 1.08 bits per heavy atom. The van der Waals surface area contributed by atoms with Gasteiger partial charge in [-0.05, 0) is 49.2 Å². The number of halogens is 2. The first-order valence-corrected chi connectivity index (χ1v) is 8.40. The summed E-state index contributed by atoms with van der Waals surface area (Å²) in [6, 6.07) is 13.4. The minimum atomic E-state index is -2.85. The van der Waals surface area contributed by atoms with Crippen LogP contribution in [0.25, 0.3) is 0 Å². The van der Waals surface area contributed by atoms with E-state index in [4.69, 9.17) is 0 Å². The van der Waals surface area contributed by atoms with Crippen molar-refractivity contribution in [3.8, 4) is 5.75 Å². The summed E-state index contributed by atoms with van der Waals surface area (Å²) in [5.74, 6) is 0.0571. The average Bonchev–Trinajstić information content (AvgIpc) is 2.63. The number of nitrogens with zero attached hydrogens (tertiary/aromatic N) is 1. The van der Waals surface area contributed by atoms with Gasteiger partial charge < -0.3 is 15.0 Å². The Hall–Kier alpha value is -2.89. The summed E-state index contributed by atoms with van der Waals surface area (Å²) in [6.07, 6.45) is 1.65. The van der Waals surface area contributed by atoms with Crippen LogP contribution >= 0.6 is 0 Å². The smallest absolute Gasteiger partial charge is 0.387 e. The second-order valence-electron chi connectivity index (χ2n) is 6.12. The molecule has 26 heavy (non-hydrogen) atoms. The number of anilines is 2. The van der Waals surface area contributed by atoms with Crippen molar-refractivity contribution in [2.75, 3.05) is 18.4 Å². The molecule has 0 saturated carbocycles. The van der Waals surface area contributed by atoms with Crippen molar-refractivity contribution in [3.63, 3.8) is 0 Å². The molecule has 0 bridgehead atoms. The topological polar surface area (TPSA) is 41.6 Å². The van der Waals surface area contributed by atoms with E-state index >= 15 is 0 Å². The van der Waals surface area contributed by atoms with Gasteiger partial charge in [0.05, 0.1) is 11.3 Å². The van der Waals surface area contributed by atoms with E-state index in [1.165, 1.54) is 17.7 Å². The van der Waals surface area contributed by atoms with Gasteiger partial charge in [0.25, 0.3) is 5.91 Å². The van der Waals surface area contributed by atoms with Gasteiger partial charge in [0.2, 0.25) is 0 Å². The quantitative estimate of drug-likeness (QED) is 0.779. The van der Waals surface area contributed by atoms with Crippen LogP contribution < -0.4 is 10.1 Å². The van der Waals surface area contributed by atoms with Gasteiger partial charge in [-0.25, -0.2) is 0 Å². The number of para-hydroxylation sites is 1. The number of carbonyl (C=O) groups excluding carboxylic acids is 1. The molecule has 0 aromatic heterocycles. The molecule has 0 spiro atoms. The number of hydrogen-bond acceptors (Lipinski definition) is 3. The molecular weight excluding hydrogens is 338 g/mol. The SMILES string of the molecule is C=C1CCN(C(=O)c2ccccc2Nc2ccc(OC(F)F)cc2)CC1. The summed E-state index contributed by atoms with van der Waals surface area (Å²) >= 11 is 0. The molecule has 1 saturated heterocycles. The van der Waals surface area contributed by atoms with Crippen LogP contribution in [0, 0.1) is 0 Å². The summed E-state index contributed by atoms with van der Waals surface area (Å²) in [7, 11) is 0. The fraction of sp³-hybridized carbons (Fsp3) is 0.250. The molecule has 6 heteroatoms. The van der Waals surface area contributed by atoms with E-state index in [1.54, 1.807) is 18.2 Å². The normalized spacial score (nSPS) is 14.4. The summed E-state index contributed by atoms with van der Waals surface area (Å²) < 4.78 is 28.8. The van der Waals surface area contributed by atoms with Crippen LogP contribution in [0.1, 0.15) is 23.2 Å². The van der Waals surface area contributed by atoms with Crippen LogP contribution in [0.15, 0.2) is 60.7 Å². The summed E-state index contributed by atoms with van der Waals surface area (Å²) in [5.41, 5.74) is 3.10. The Kier molecular flexibility index (Phi) is 5.51. The van der Waals surface area contributed by atoms with Gasteiger partial charge in [0.1, 0.15) is 5.75 Å². The maximum absolute atomic E-state index is 12.8. The lowest BCUT2D eigenvalue weighted by Crippen LogP contribution is -2.36. The Labute approximate surface area is 151 Å². The molecular formula is C20H20F2N2O2. The summed E-state index contributed by atoms with van der Waals surface area (Å²) in [5, 5.41) is 3.17. The van der Waals surface area contributed by atoms with Crippen molar-refractivity contribution in [3.05, 3.63) is 66.2 Å². The van der Waals surface area contributed by atoms with Gasteiger partial charge >= 0.3 is 6.61 Å². The minimum absolute atomic E-state index is 0.0294. The highest BCUT2D eigenvalue weighted by atomic mass is 19.3. The largest absolute Gasteiger partial charge is 0.435 e. The zero-order valence-electron chi connectivity index (χ0n) is 14.3. The van der Waals surface area contributed by atoms with Crippen molar-refractivity contribution in [1.82, 2.24) is 4.90 Å². The first-order valence-electron chi connectivity index (χ1n) is 8.40. The van der Waals surface area contributed by atoms with Crippen LogP contribution in [0.2, 0.25) is 0 Å². The van der Waals surface area contributed by atoms with Crippen LogP contribution in [-0.4, -0.2) is 30.5 Å². The molecule has 0 aliphatic carbocycles. The average molecular weight is 358 g/mol. The Morgan fingerprint density at radius 3 is 2.38 bits per heavy atom. The second kappa shape index (κ2) is 7.99. The molecule has 1 fully saturated rings. The fourth-order valence-electron chi connectivity index (χ4n) is 2.85. The third-order valence-corrected chi connectivity index (χ3v) is 4.27. The molecule has 2 aromatic rings. The number of likely N-dealkylation sites (tertiary alicyclic amines) is 1. The van der Waals surface area contributed by atoms with E-state index in [2.05, 4.69) is 16.6 Å². The number of amides is 1. The maximum Gasteiger partial charge on any atom is 0.387 e. The molecule has 3 rings (SSSR count). The van der Waals surface area contributed by atoms with Gasteiger partial charge in [-0.3, -0.25) is 4.79 Å². The van der Waals surface area contributed by atoms with E-state index in [0.29, 0.717) is 30.0 Å². The molecule has 1 aliphatic rings. The van der Waals surface area contributed by atoms with Crippen molar-refractivity contribution in [2.24, 2.45) is 0 Å². The van der Waals surface area contributed by atoms with Crippen LogP contribution in [0.3, 0.4) is 0 Å². The van der Waals surface area contributed by atoms with Gasteiger partial charge in [0.15, 0.2) is 0 Å². The van der Waals surface area contributed by atoms with Crippen LogP contribution in [-0.2, 0) is 0 Å². The van der Waals surface area contributed by atoms with Gasteiger partial charge in [-0.1, -0.05) is 24.3 Å². The van der Waals surface area contributed by atoms with Gasteiger partial charge in [-0.2, -0.15) is 8.78 Å². The van der Waals surface area contributed by atoms with Crippen molar-refractivity contribution >= 4 is 17.3 Å². The molecule has 2 aromatic carbocycles. The van der Waals surface area contributed by atoms with E-state index in [0.717, 1.165) is 12.8 Å². The van der Waals surface area contributed by atoms with Crippen molar-refractivity contribution < 1.29 is 18.3 Å². The number of ether oxygens (including phenoxy) is 1. The number of alkyl halides is 2. The lowest BCUT2D eigenvalue weighted by atomic mass is 10.0. The van der Waals surface area contributed by atoms with Gasteiger partial charge in [-0.15, -0.1) is 0 Å². The monoisotopic (exact) mass is 358 g/mol. The number of benzene rings is 2. The lowest BCUT2D eigenvalue weighted by Gasteiger charge is -2.28. The number of piperidine rings is 1. The van der Waals surface area contributed by atoms with Crippen LogP contribution in [0.5, 0.6) is 5.75 Å². The summed E-state index contributed by atoms with van der Waals surface area (Å²) in [6.45, 7) is 2.46. The van der Waals surface area contributed by atoms with Crippen molar-refractivity contribution in [2.45, 2.75) is 19.5 Å². The zero-order chi connectivity index (χ0) is 18.5. The highest BCUT2D eigenvalue weighted by Gasteiger charge is 2.21. The molecule has 1 N–H and O–H groups in total.